The molecule has 1 aromatic rings. The standard InChI is InChI=1S/C13H20N4OS/c18-13-15-12(19)10-2-1-3-11(10)17(13)9-8-16-6-4-14-5-7-16/h14H,1-9H2,(H,15,18,19). The smallest absolute Gasteiger partial charge is 0.314 e. The summed E-state index contributed by atoms with van der Waals surface area (Å²) in [6, 6.07) is 0. The molecule has 2 aliphatic rings. The van der Waals surface area contributed by atoms with E-state index in [1.165, 1.54) is 11.3 Å². The Kier molecular flexibility index (Phi) is 3.81. The van der Waals surface area contributed by atoms with Crippen molar-refractivity contribution in [2.24, 2.45) is 0 Å². The molecule has 6 heteroatoms. The molecule has 0 atom stereocenters. The Balaban J connectivity index is 1.79. The fourth-order valence-corrected chi connectivity index (χ4v) is 3.35. The molecule has 0 bridgehead atoms. The number of piperazine rings is 1. The maximum Gasteiger partial charge on any atom is 0.326 e. The van der Waals surface area contributed by atoms with Crippen LogP contribution in [0.4, 0.5) is 0 Å². The summed E-state index contributed by atoms with van der Waals surface area (Å²) < 4.78 is 2.55. The van der Waals surface area contributed by atoms with Crippen molar-refractivity contribution in [1.29, 1.82) is 0 Å². The molecule has 1 aromatic heterocycles. The highest BCUT2D eigenvalue weighted by atomic mass is 32.1. The van der Waals surface area contributed by atoms with Gasteiger partial charge in [-0.25, -0.2) is 4.79 Å². The first-order chi connectivity index (χ1) is 9.25. The van der Waals surface area contributed by atoms with Gasteiger partial charge in [-0.3, -0.25) is 14.5 Å². The molecule has 0 aromatic carbocycles. The number of fused-ring (bicyclic) bond motifs is 1. The van der Waals surface area contributed by atoms with Crippen molar-refractivity contribution in [3.8, 4) is 0 Å². The average molecular weight is 280 g/mol. The van der Waals surface area contributed by atoms with Gasteiger partial charge in [0.15, 0.2) is 0 Å². The summed E-state index contributed by atoms with van der Waals surface area (Å²) in [4.78, 5) is 17.3. The molecule has 1 aliphatic heterocycles. The van der Waals surface area contributed by atoms with Gasteiger partial charge in [0, 0.05) is 50.5 Å². The Morgan fingerprint density at radius 3 is 2.74 bits per heavy atom. The Bertz CT molecular complexity index is 571. The van der Waals surface area contributed by atoms with E-state index in [0.29, 0.717) is 4.64 Å². The van der Waals surface area contributed by atoms with Gasteiger partial charge in [-0.15, -0.1) is 0 Å². The maximum atomic E-state index is 12.1. The van der Waals surface area contributed by atoms with Crippen LogP contribution in [0.25, 0.3) is 0 Å². The van der Waals surface area contributed by atoms with Crippen molar-refractivity contribution in [1.82, 2.24) is 19.8 Å². The molecule has 0 radical (unpaired) electrons. The third kappa shape index (κ3) is 2.66. The fraction of sp³-hybridized carbons (Fsp3) is 0.692. The molecule has 104 valence electrons. The minimum Gasteiger partial charge on any atom is -0.314 e. The highest BCUT2D eigenvalue weighted by Gasteiger charge is 2.18. The van der Waals surface area contributed by atoms with Crippen LogP contribution in [0.2, 0.25) is 0 Å². The van der Waals surface area contributed by atoms with Crippen LogP contribution in [0.1, 0.15) is 17.7 Å². The summed E-state index contributed by atoms with van der Waals surface area (Å²) in [5.74, 6) is 0. The minimum atomic E-state index is -0.0409. The van der Waals surface area contributed by atoms with Crippen LogP contribution in [0.15, 0.2) is 4.79 Å². The third-order valence-electron chi connectivity index (χ3n) is 4.10. The molecule has 0 spiro atoms. The average Bonchev–Trinajstić information content (AvgIpc) is 2.89. The molecule has 3 rings (SSSR count). The Labute approximate surface area is 117 Å². The zero-order valence-electron chi connectivity index (χ0n) is 11.1. The van der Waals surface area contributed by atoms with Crippen molar-refractivity contribution < 1.29 is 0 Å². The van der Waals surface area contributed by atoms with Crippen molar-refractivity contribution in [2.45, 2.75) is 25.8 Å². The lowest BCUT2D eigenvalue weighted by atomic mass is 10.2. The molecule has 0 saturated carbocycles. The zero-order valence-corrected chi connectivity index (χ0v) is 11.9. The summed E-state index contributed by atoms with van der Waals surface area (Å²) in [7, 11) is 0. The first-order valence-corrected chi connectivity index (χ1v) is 7.44. The quantitative estimate of drug-likeness (QED) is 0.782. The molecule has 19 heavy (non-hydrogen) atoms. The summed E-state index contributed by atoms with van der Waals surface area (Å²) in [6.07, 6.45) is 3.12. The first kappa shape index (κ1) is 13.0. The number of hydrogen-bond donors (Lipinski definition) is 2. The van der Waals surface area contributed by atoms with Gasteiger partial charge in [-0.2, -0.15) is 0 Å². The largest absolute Gasteiger partial charge is 0.326 e. The van der Waals surface area contributed by atoms with E-state index in [9.17, 15) is 4.79 Å². The van der Waals surface area contributed by atoms with Gasteiger partial charge in [0.25, 0.3) is 0 Å². The van der Waals surface area contributed by atoms with Gasteiger partial charge in [-0.05, 0) is 19.3 Å². The second-order valence-electron chi connectivity index (χ2n) is 5.28. The Morgan fingerprint density at radius 2 is 1.95 bits per heavy atom. The van der Waals surface area contributed by atoms with Gasteiger partial charge in [-0.1, -0.05) is 12.2 Å². The zero-order chi connectivity index (χ0) is 13.2. The van der Waals surface area contributed by atoms with Crippen LogP contribution in [-0.4, -0.2) is 47.2 Å². The van der Waals surface area contributed by atoms with E-state index >= 15 is 0 Å². The monoisotopic (exact) mass is 280 g/mol. The first-order valence-electron chi connectivity index (χ1n) is 7.03. The lowest BCUT2D eigenvalue weighted by Crippen LogP contribution is -2.45. The van der Waals surface area contributed by atoms with Crippen LogP contribution in [0.5, 0.6) is 0 Å². The highest BCUT2D eigenvalue weighted by molar-refractivity contribution is 7.71. The van der Waals surface area contributed by atoms with E-state index < -0.39 is 0 Å². The SMILES string of the molecule is O=c1[nH]c(=S)c2c(n1CCN1CCNCC1)CCC2. The molecule has 5 nitrogen and oxygen atoms in total. The second kappa shape index (κ2) is 5.56. The molecular weight excluding hydrogens is 260 g/mol. The normalized spacial score (nSPS) is 19.6. The van der Waals surface area contributed by atoms with Crippen LogP contribution in [0, 0.1) is 4.64 Å². The number of aromatic amines is 1. The van der Waals surface area contributed by atoms with Gasteiger partial charge >= 0.3 is 5.69 Å². The van der Waals surface area contributed by atoms with Gasteiger partial charge in [0.2, 0.25) is 0 Å². The van der Waals surface area contributed by atoms with E-state index in [1.54, 1.807) is 0 Å². The third-order valence-corrected chi connectivity index (χ3v) is 4.45. The molecule has 1 saturated heterocycles. The highest BCUT2D eigenvalue weighted by Crippen LogP contribution is 2.20. The van der Waals surface area contributed by atoms with Crippen LogP contribution < -0.4 is 11.0 Å². The molecule has 0 unspecified atom stereocenters. The lowest BCUT2D eigenvalue weighted by molar-refractivity contribution is 0.230. The summed E-state index contributed by atoms with van der Waals surface area (Å²) >= 11 is 5.25. The van der Waals surface area contributed by atoms with Crippen molar-refractivity contribution >= 4 is 12.2 Å². The van der Waals surface area contributed by atoms with Gasteiger partial charge < -0.3 is 5.32 Å². The fourth-order valence-electron chi connectivity index (χ4n) is 3.05. The number of rotatable bonds is 3. The number of nitrogens with one attached hydrogen (secondary N) is 2. The number of hydrogen-bond acceptors (Lipinski definition) is 4. The topological polar surface area (TPSA) is 53.1 Å². The predicted molar refractivity (Wildman–Crippen MR) is 77.2 cm³/mol. The minimum absolute atomic E-state index is 0.0409. The summed E-state index contributed by atoms with van der Waals surface area (Å²) in [5.41, 5.74) is 2.32. The molecule has 0 amide bonds. The number of H-pyrrole nitrogens is 1. The van der Waals surface area contributed by atoms with Crippen LogP contribution >= 0.6 is 12.2 Å². The Hall–Kier alpha value is -0.980. The van der Waals surface area contributed by atoms with E-state index in [0.717, 1.165) is 58.5 Å². The number of aromatic nitrogens is 2. The summed E-state index contributed by atoms with van der Waals surface area (Å²) in [5, 5.41) is 3.34. The van der Waals surface area contributed by atoms with E-state index in [4.69, 9.17) is 12.2 Å². The van der Waals surface area contributed by atoms with E-state index in [1.807, 2.05) is 4.57 Å². The second-order valence-corrected chi connectivity index (χ2v) is 5.69. The van der Waals surface area contributed by atoms with Crippen molar-refractivity contribution in [3.05, 3.63) is 26.4 Å². The molecule has 1 fully saturated rings. The van der Waals surface area contributed by atoms with E-state index in [2.05, 4.69) is 15.2 Å². The van der Waals surface area contributed by atoms with Gasteiger partial charge in [0.05, 0.1) is 0 Å². The van der Waals surface area contributed by atoms with Crippen molar-refractivity contribution in [3.63, 3.8) is 0 Å². The maximum absolute atomic E-state index is 12.1. The predicted octanol–water partition coefficient (Wildman–Crippen LogP) is 0.300. The molecule has 2 heterocycles. The van der Waals surface area contributed by atoms with E-state index in [-0.39, 0.29) is 5.69 Å². The molecule has 2 N–H and O–H groups in total. The number of nitrogens with zero attached hydrogens (tertiary/aromatic N) is 2. The van der Waals surface area contributed by atoms with Crippen molar-refractivity contribution in [2.75, 3.05) is 32.7 Å². The molecule has 1 aliphatic carbocycles. The van der Waals surface area contributed by atoms with Crippen LogP contribution in [0.3, 0.4) is 0 Å². The van der Waals surface area contributed by atoms with Crippen LogP contribution in [-0.2, 0) is 19.4 Å². The summed E-state index contributed by atoms with van der Waals surface area (Å²) in [6.45, 7) is 5.94. The lowest BCUT2D eigenvalue weighted by Gasteiger charge is -2.27. The molecular formula is C13H20N4OS. The Morgan fingerprint density at radius 1 is 1.16 bits per heavy atom. The van der Waals surface area contributed by atoms with Gasteiger partial charge in [0.1, 0.15) is 4.64 Å².